The lowest BCUT2D eigenvalue weighted by Gasteiger charge is -2.22. The second kappa shape index (κ2) is 7.27. The van der Waals surface area contributed by atoms with Gasteiger partial charge >= 0.3 is 0 Å². The topological polar surface area (TPSA) is 63.2 Å². The van der Waals surface area contributed by atoms with Crippen LogP contribution in [0.25, 0.3) is 0 Å². The zero-order chi connectivity index (χ0) is 16.2. The minimum Gasteiger partial charge on any atom is -0.353 e. The van der Waals surface area contributed by atoms with Gasteiger partial charge in [0.15, 0.2) is 9.84 Å². The fourth-order valence-corrected chi connectivity index (χ4v) is 3.84. The molecule has 0 unspecified atom stereocenters. The van der Waals surface area contributed by atoms with Gasteiger partial charge in [0, 0.05) is 6.04 Å². The average molecular weight is 323 g/mol. The van der Waals surface area contributed by atoms with Gasteiger partial charge < -0.3 is 5.32 Å². The van der Waals surface area contributed by atoms with Crippen molar-refractivity contribution in [2.24, 2.45) is 0 Å². The van der Waals surface area contributed by atoms with E-state index in [-0.39, 0.29) is 5.91 Å². The second-order valence-corrected chi connectivity index (χ2v) is 8.82. The van der Waals surface area contributed by atoms with Gasteiger partial charge in [-0.2, -0.15) is 0 Å². The molecule has 0 heterocycles. The summed E-state index contributed by atoms with van der Waals surface area (Å²) in [6.45, 7) is 3.34. The van der Waals surface area contributed by atoms with Crippen LogP contribution in [0.5, 0.6) is 0 Å². The molecule has 1 saturated carbocycles. The van der Waals surface area contributed by atoms with Crippen LogP contribution in [0.3, 0.4) is 0 Å². The molecule has 2 rings (SSSR count). The number of benzene rings is 1. The van der Waals surface area contributed by atoms with Gasteiger partial charge in [0.05, 0.1) is 16.6 Å². The highest BCUT2D eigenvalue weighted by atomic mass is 32.2. The van der Waals surface area contributed by atoms with Gasteiger partial charge in [0.25, 0.3) is 0 Å². The largest absolute Gasteiger partial charge is 0.353 e. The lowest BCUT2D eigenvalue weighted by atomic mass is 9.95. The molecule has 22 heavy (non-hydrogen) atoms. The van der Waals surface area contributed by atoms with Gasteiger partial charge in [-0.05, 0) is 44.4 Å². The van der Waals surface area contributed by atoms with E-state index in [2.05, 4.69) is 5.32 Å². The molecule has 1 aromatic rings. The molecule has 0 aliphatic heterocycles. The molecule has 1 aliphatic carbocycles. The highest BCUT2D eigenvalue weighted by Crippen LogP contribution is 2.18. The van der Waals surface area contributed by atoms with Crippen molar-refractivity contribution in [1.82, 2.24) is 5.32 Å². The molecule has 1 aliphatic rings. The molecule has 0 spiro atoms. The first-order valence-electron chi connectivity index (χ1n) is 8.02. The van der Waals surface area contributed by atoms with Crippen molar-refractivity contribution in [3.05, 3.63) is 29.8 Å². The van der Waals surface area contributed by atoms with Gasteiger partial charge in [-0.15, -0.1) is 0 Å². The molecule has 0 radical (unpaired) electrons. The predicted octanol–water partition coefficient (Wildman–Crippen LogP) is 2.86. The monoisotopic (exact) mass is 323 g/mol. The first-order valence-corrected chi connectivity index (χ1v) is 9.56. The van der Waals surface area contributed by atoms with Crippen LogP contribution in [-0.2, 0) is 21.1 Å². The minimum atomic E-state index is -3.25. The van der Waals surface area contributed by atoms with Crippen molar-refractivity contribution in [1.29, 1.82) is 0 Å². The summed E-state index contributed by atoms with van der Waals surface area (Å²) in [5.41, 5.74) is 0.844. The maximum absolute atomic E-state index is 12.0. The van der Waals surface area contributed by atoms with Crippen LogP contribution in [0.1, 0.15) is 51.5 Å². The number of rotatable bonds is 5. The first kappa shape index (κ1) is 17.0. The van der Waals surface area contributed by atoms with Gasteiger partial charge in [0.2, 0.25) is 5.91 Å². The number of hydrogen-bond donors (Lipinski definition) is 1. The molecule has 5 heteroatoms. The van der Waals surface area contributed by atoms with Crippen molar-refractivity contribution in [2.75, 3.05) is 0 Å². The Morgan fingerprint density at radius 1 is 1.14 bits per heavy atom. The SMILES string of the molecule is CC(C)S(=O)(=O)c1ccc(CC(=O)NC2CCCCC2)cc1. The molecule has 1 amide bonds. The summed E-state index contributed by atoms with van der Waals surface area (Å²) in [4.78, 5) is 12.4. The Morgan fingerprint density at radius 2 is 1.73 bits per heavy atom. The van der Waals surface area contributed by atoms with Crippen LogP contribution in [0.2, 0.25) is 0 Å². The van der Waals surface area contributed by atoms with E-state index in [1.807, 2.05) is 0 Å². The molecule has 1 fully saturated rings. The Bertz CT molecular complexity index is 599. The zero-order valence-electron chi connectivity index (χ0n) is 13.3. The third kappa shape index (κ3) is 4.32. The van der Waals surface area contributed by atoms with Crippen molar-refractivity contribution in [2.45, 2.75) is 68.6 Å². The summed E-state index contributed by atoms with van der Waals surface area (Å²) >= 11 is 0. The van der Waals surface area contributed by atoms with Gasteiger partial charge in [0.1, 0.15) is 0 Å². The minimum absolute atomic E-state index is 0.0198. The fraction of sp³-hybridized carbons (Fsp3) is 0.588. The summed E-state index contributed by atoms with van der Waals surface area (Å²) in [5.74, 6) is 0.0198. The van der Waals surface area contributed by atoms with E-state index >= 15 is 0 Å². The van der Waals surface area contributed by atoms with Gasteiger partial charge in [-0.3, -0.25) is 4.79 Å². The zero-order valence-corrected chi connectivity index (χ0v) is 14.2. The number of carbonyl (C=O) groups excluding carboxylic acids is 1. The smallest absolute Gasteiger partial charge is 0.224 e. The van der Waals surface area contributed by atoms with E-state index in [0.29, 0.717) is 17.4 Å². The molecule has 1 N–H and O–H groups in total. The predicted molar refractivity (Wildman–Crippen MR) is 87.5 cm³/mol. The fourth-order valence-electron chi connectivity index (χ4n) is 2.78. The number of amides is 1. The van der Waals surface area contributed by atoms with Crippen LogP contribution in [0.15, 0.2) is 29.2 Å². The molecule has 0 saturated heterocycles. The number of nitrogens with one attached hydrogen (secondary N) is 1. The summed E-state index contributed by atoms with van der Waals surface area (Å²) in [6, 6.07) is 6.96. The highest BCUT2D eigenvalue weighted by molar-refractivity contribution is 7.92. The van der Waals surface area contributed by atoms with Gasteiger partial charge in [-0.1, -0.05) is 31.4 Å². The van der Waals surface area contributed by atoms with E-state index in [0.717, 1.165) is 18.4 Å². The summed E-state index contributed by atoms with van der Waals surface area (Å²) < 4.78 is 24.1. The summed E-state index contributed by atoms with van der Waals surface area (Å²) in [6.07, 6.45) is 6.07. The highest BCUT2D eigenvalue weighted by Gasteiger charge is 2.19. The van der Waals surface area contributed by atoms with E-state index in [1.54, 1.807) is 38.1 Å². The molecule has 0 atom stereocenters. The molecular weight excluding hydrogens is 298 g/mol. The van der Waals surface area contributed by atoms with E-state index in [4.69, 9.17) is 0 Å². The van der Waals surface area contributed by atoms with E-state index < -0.39 is 15.1 Å². The van der Waals surface area contributed by atoms with E-state index in [1.165, 1.54) is 19.3 Å². The van der Waals surface area contributed by atoms with Crippen LogP contribution in [-0.4, -0.2) is 25.6 Å². The Balaban J connectivity index is 1.95. The van der Waals surface area contributed by atoms with Crippen LogP contribution in [0.4, 0.5) is 0 Å². The Kier molecular flexibility index (Phi) is 5.62. The maximum Gasteiger partial charge on any atom is 0.224 e. The number of carbonyl (C=O) groups is 1. The van der Waals surface area contributed by atoms with Crippen molar-refractivity contribution >= 4 is 15.7 Å². The Hall–Kier alpha value is -1.36. The molecular formula is C17H25NO3S. The Labute approximate surface area is 133 Å². The molecule has 4 nitrogen and oxygen atoms in total. The van der Waals surface area contributed by atoms with Gasteiger partial charge in [-0.25, -0.2) is 8.42 Å². The first-order chi connectivity index (χ1) is 10.4. The molecule has 122 valence electrons. The summed E-state index contributed by atoms with van der Waals surface area (Å²) in [7, 11) is -3.25. The van der Waals surface area contributed by atoms with Crippen molar-refractivity contribution < 1.29 is 13.2 Å². The Morgan fingerprint density at radius 3 is 2.27 bits per heavy atom. The summed E-state index contributed by atoms with van der Waals surface area (Å²) in [5, 5.41) is 2.64. The third-order valence-corrected chi connectivity index (χ3v) is 6.38. The number of sulfone groups is 1. The standard InChI is InChI=1S/C17H25NO3S/c1-13(2)22(20,21)16-10-8-14(9-11-16)12-17(19)18-15-6-4-3-5-7-15/h8-11,13,15H,3-7,12H2,1-2H3,(H,18,19). The van der Waals surface area contributed by atoms with Crippen LogP contribution < -0.4 is 5.32 Å². The van der Waals surface area contributed by atoms with Crippen LogP contribution >= 0.6 is 0 Å². The normalized spacial score (nSPS) is 16.7. The van der Waals surface area contributed by atoms with Crippen LogP contribution in [0, 0.1) is 0 Å². The van der Waals surface area contributed by atoms with Crippen molar-refractivity contribution in [3.63, 3.8) is 0 Å². The lowest BCUT2D eigenvalue weighted by molar-refractivity contribution is -0.121. The average Bonchev–Trinajstić information content (AvgIpc) is 2.48. The molecule has 0 bridgehead atoms. The second-order valence-electron chi connectivity index (χ2n) is 6.32. The molecule has 0 aromatic heterocycles. The van der Waals surface area contributed by atoms with Crippen molar-refractivity contribution in [3.8, 4) is 0 Å². The van der Waals surface area contributed by atoms with E-state index in [9.17, 15) is 13.2 Å². The number of hydrogen-bond acceptors (Lipinski definition) is 3. The third-order valence-electron chi connectivity index (χ3n) is 4.21. The molecule has 1 aromatic carbocycles. The maximum atomic E-state index is 12.0. The quantitative estimate of drug-likeness (QED) is 0.906. The lowest BCUT2D eigenvalue weighted by Crippen LogP contribution is -2.37.